The lowest BCUT2D eigenvalue weighted by Gasteiger charge is -2.41. The molecule has 0 aliphatic heterocycles. The number of hydrogen-bond donors (Lipinski definition) is 1. The van der Waals surface area contributed by atoms with Gasteiger partial charge >= 0.3 is 0 Å². The molecule has 2 nitrogen and oxygen atoms in total. The summed E-state index contributed by atoms with van der Waals surface area (Å²) in [5, 5.41) is 0. The Kier molecular flexibility index (Phi) is 5.03. The largest absolute Gasteiger partial charge is 0.324 e. The van der Waals surface area contributed by atoms with Crippen LogP contribution >= 0.6 is 0 Å². The van der Waals surface area contributed by atoms with Crippen molar-refractivity contribution in [1.29, 1.82) is 0 Å². The van der Waals surface area contributed by atoms with E-state index in [2.05, 4.69) is 39.6 Å². The fourth-order valence-corrected chi connectivity index (χ4v) is 3.17. The van der Waals surface area contributed by atoms with Crippen molar-refractivity contribution in [2.24, 2.45) is 11.1 Å². The Hall–Kier alpha value is -0.0800. The van der Waals surface area contributed by atoms with Gasteiger partial charge in [-0.05, 0) is 51.5 Å². The third-order valence-corrected chi connectivity index (χ3v) is 4.36. The van der Waals surface area contributed by atoms with E-state index in [1.807, 2.05) is 0 Å². The fraction of sp³-hybridized carbons (Fsp3) is 1.00. The highest BCUT2D eigenvalue weighted by Gasteiger charge is 2.30. The molecule has 1 atom stereocenters. The topological polar surface area (TPSA) is 29.3 Å². The lowest BCUT2D eigenvalue weighted by molar-refractivity contribution is 0.109. The molecule has 0 amide bonds. The molecule has 0 aromatic rings. The number of nitrogens with zero attached hydrogens (tertiary/aromatic N) is 1. The van der Waals surface area contributed by atoms with Crippen LogP contribution in [0.5, 0.6) is 0 Å². The molecule has 0 aromatic carbocycles. The molecule has 1 aliphatic rings. The van der Waals surface area contributed by atoms with E-state index in [9.17, 15) is 0 Å². The minimum Gasteiger partial charge on any atom is -0.324 e. The van der Waals surface area contributed by atoms with Gasteiger partial charge in [-0.2, -0.15) is 0 Å². The standard InChI is InChI=1S/C15H32N2/c1-6-9-15(4,16)12-17(5)13-7-10-14(2,3)11-8-13/h13H,6-12,16H2,1-5H3. The molecule has 0 spiro atoms. The van der Waals surface area contributed by atoms with Crippen LogP contribution < -0.4 is 5.73 Å². The zero-order chi connectivity index (χ0) is 13.1. The molecule has 2 heteroatoms. The molecule has 1 rings (SSSR count). The maximum absolute atomic E-state index is 6.35. The van der Waals surface area contributed by atoms with E-state index >= 15 is 0 Å². The highest BCUT2D eigenvalue weighted by molar-refractivity contribution is 4.87. The van der Waals surface area contributed by atoms with E-state index in [1.165, 1.54) is 32.1 Å². The smallest absolute Gasteiger partial charge is 0.0254 e. The van der Waals surface area contributed by atoms with Gasteiger partial charge in [0.25, 0.3) is 0 Å². The first-order valence-corrected chi connectivity index (χ1v) is 7.25. The average Bonchev–Trinajstić information content (AvgIpc) is 2.16. The number of likely N-dealkylation sites (N-methyl/N-ethyl adjacent to an activating group) is 1. The van der Waals surface area contributed by atoms with Gasteiger partial charge < -0.3 is 10.6 Å². The van der Waals surface area contributed by atoms with E-state index in [0.717, 1.165) is 19.0 Å². The number of nitrogens with two attached hydrogens (primary N) is 1. The highest BCUT2D eigenvalue weighted by Crippen LogP contribution is 2.36. The SMILES string of the molecule is CCCC(C)(N)CN(C)C1CCC(C)(C)CC1. The van der Waals surface area contributed by atoms with E-state index in [1.54, 1.807) is 0 Å². The molecule has 0 bridgehead atoms. The summed E-state index contributed by atoms with van der Waals surface area (Å²) in [6, 6.07) is 0.753. The van der Waals surface area contributed by atoms with Gasteiger partial charge in [-0.1, -0.05) is 27.2 Å². The van der Waals surface area contributed by atoms with Crippen molar-refractivity contribution in [1.82, 2.24) is 4.90 Å². The summed E-state index contributed by atoms with van der Waals surface area (Å²) in [5.41, 5.74) is 6.89. The molecule has 0 saturated heterocycles. The van der Waals surface area contributed by atoms with Gasteiger partial charge in [0.05, 0.1) is 0 Å². The van der Waals surface area contributed by atoms with Gasteiger partial charge in [0.2, 0.25) is 0 Å². The van der Waals surface area contributed by atoms with Crippen molar-refractivity contribution in [3.05, 3.63) is 0 Å². The monoisotopic (exact) mass is 240 g/mol. The third-order valence-electron chi connectivity index (χ3n) is 4.36. The van der Waals surface area contributed by atoms with Gasteiger partial charge in [-0.15, -0.1) is 0 Å². The Morgan fingerprint density at radius 3 is 2.29 bits per heavy atom. The molecule has 1 aliphatic carbocycles. The summed E-state index contributed by atoms with van der Waals surface area (Å²) in [6.45, 7) is 10.2. The minimum absolute atomic E-state index is 0.0174. The Bertz CT molecular complexity index is 223. The molecule has 1 unspecified atom stereocenters. The van der Waals surface area contributed by atoms with Gasteiger partial charge in [-0.25, -0.2) is 0 Å². The van der Waals surface area contributed by atoms with Crippen molar-refractivity contribution >= 4 is 0 Å². The predicted octanol–water partition coefficient (Wildman–Crippen LogP) is 3.40. The Balaban J connectivity index is 2.41. The van der Waals surface area contributed by atoms with Crippen LogP contribution in [0.3, 0.4) is 0 Å². The fourth-order valence-electron chi connectivity index (χ4n) is 3.17. The number of rotatable bonds is 5. The maximum atomic E-state index is 6.35. The molecule has 17 heavy (non-hydrogen) atoms. The first-order chi connectivity index (χ1) is 7.76. The van der Waals surface area contributed by atoms with Crippen LogP contribution in [0.2, 0.25) is 0 Å². The van der Waals surface area contributed by atoms with Crippen LogP contribution in [0.4, 0.5) is 0 Å². The summed E-state index contributed by atoms with van der Waals surface area (Å²) in [4.78, 5) is 2.50. The Morgan fingerprint density at radius 1 is 1.29 bits per heavy atom. The molecule has 1 fully saturated rings. The molecule has 2 N–H and O–H groups in total. The summed E-state index contributed by atoms with van der Waals surface area (Å²) < 4.78 is 0. The summed E-state index contributed by atoms with van der Waals surface area (Å²) in [6.07, 6.45) is 7.69. The second kappa shape index (κ2) is 5.71. The zero-order valence-electron chi connectivity index (χ0n) is 12.6. The molecule has 1 saturated carbocycles. The van der Waals surface area contributed by atoms with Gasteiger partial charge in [0.15, 0.2) is 0 Å². The van der Waals surface area contributed by atoms with Crippen LogP contribution in [0, 0.1) is 5.41 Å². The lowest BCUT2D eigenvalue weighted by Crippen LogP contribution is -2.50. The van der Waals surface area contributed by atoms with Gasteiger partial charge in [0.1, 0.15) is 0 Å². The van der Waals surface area contributed by atoms with Crippen molar-refractivity contribution < 1.29 is 0 Å². The Labute approximate surface area is 108 Å². The minimum atomic E-state index is -0.0174. The zero-order valence-corrected chi connectivity index (χ0v) is 12.6. The first kappa shape index (κ1) is 15.0. The summed E-state index contributed by atoms with van der Waals surface area (Å²) in [7, 11) is 2.25. The van der Waals surface area contributed by atoms with Crippen molar-refractivity contribution in [2.75, 3.05) is 13.6 Å². The van der Waals surface area contributed by atoms with Crippen molar-refractivity contribution in [3.8, 4) is 0 Å². The molecule has 102 valence electrons. The first-order valence-electron chi connectivity index (χ1n) is 7.25. The molecular formula is C15H32N2. The molecule has 0 heterocycles. The summed E-state index contributed by atoms with van der Waals surface area (Å²) in [5.74, 6) is 0. The van der Waals surface area contributed by atoms with Crippen molar-refractivity contribution in [2.45, 2.75) is 77.8 Å². The van der Waals surface area contributed by atoms with Crippen LogP contribution in [-0.2, 0) is 0 Å². The van der Waals surface area contributed by atoms with Crippen LogP contribution in [0.1, 0.15) is 66.2 Å². The molecular weight excluding hydrogens is 208 g/mol. The van der Waals surface area contributed by atoms with E-state index in [-0.39, 0.29) is 5.54 Å². The van der Waals surface area contributed by atoms with Crippen LogP contribution in [-0.4, -0.2) is 30.1 Å². The third kappa shape index (κ3) is 4.97. The van der Waals surface area contributed by atoms with Crippen LogP contribution in [0.15, 0.2) is 0 Å². The second-order valence-corrected chi connectivity index (χ2v) is 7.21. The normalized spacial score (nSPS) is 24.9. The van der Waals surface area contributed by atoms with E-state index in [0.29, 0.717) is 5.41 Å². The number of hydrogen-bond acceptors (Lipinski definition) is 2. The predicted molar refractivity (Wildman–Crippen MR) is 76.2 cm³/mol. The van der Waals surface area contributed by atoms with Crippen LogP contribution in [0.25, 0.3) is 0 Å². The maximum Gasteiger partial charge on any atom is 0.0254 e. The van der Waals surface area contributed by atoms with Gasteiger partial charge in [0, 0.05) is 18.1 Å². The van der Waals surface area contributed by atoms with E-state index < -0.39 is 0 Å². The van der Waals surface area contributed by atoms with E-state index in [4.69, 9.17) is 5.73 Å². The lowest BCUT2D eigenvalue weighted by atomic mass is 9.75. The highest BCUT2D eigenvalue weighted by atomic mass is 15.1. The summed E-state index contributed by atoms with van der Waals surface area (Å²) >= 11 is 0. The van der Waals surface area contributed by atoms with Crippen molar-refractivity contribution in [3.63, 3.8) is 0 Å². The molecule has 0 radical (unpaired) electrons. The molecule has 0 aromatic heterocycles. The average molecular weight is 240 g/mol. The second-order valence-electron chi connectivity index (χ2n) is 7.21. The van der Waals surface area contributed by atoms with Gasteiger partial charge in [-0.3, -0.25) is 0 Å². The Morgan fingerprint density at radius 2 is 1.82 bits per heavy atom. The quantitative estimate of drug-likeness (QED) is 0.798.